The number of sulfone groups is 1. The quantitative estimate of drug-likeness (QED) is 0.898. The zero-order valence-electron chi connectivity index (χ0n) is 13.5. The minimum absolute atomic E-state index is 0.168. The first-order valence-electron chi connectivity index (χ1n) is 7.58. The number of benzene rings is 2. The van der Waals surface area contributed by atoms with Gasteiger partial charge in [0.25, 0.3) is 0 Å². The molecule has 3 rings (SSSR count). The predicted molar refractivity (Wildman–Crippen MR) is 91.6 cm³/mol. The van der Waals surface area contributed by atoms with E-state index in [1.54, 1.807) is 24.3 Å². The third-order valence-corrected chi connectivity index (χ3v) is 5.12. The van der Waals surface area contributed by atoms with Gasteiger partial charge in [0.05, 0.1) is 17.1 Å². The summed E-state index contributed by atoms with van der Waals surface area (Å²) in [5.74, 6) is -0.520. The standard InChI is InChI=1S/C17H17FN2O4S/c1-25(22,23)14-5-2-11(3-6-14)15-7-4-12(8-16(15)18)20-10-13(9-19)24-17(20)21/h2-8,13H,9-10,19H2,1H3/t13-/m0/s1. The summed E-state index contributed by atoms with van der Waals surface area (Å²) in [6.45, 7) is 0.479. The van der Waals surface area contributed by atoms with Crippen LogP contribution in [0.25, 0.3) is 11.1 Å². The number of amides is 1. The van der Waals surface area contributed by atoms with Gasteiger partial charge >= 0.3 is 6.09 Å². The van der Waals surface area contributed by atoms with Gasteiger partial charge in [0, 0.05) is 18.4 Å². The van der Waals surface area contributed by atoms with Crippen molar-refractivity contribution in [3.05, 3.63) is 48.3 Å². The SMILES string of the molecule is CS(=O)(=O)c1ccc(-c2ccc(N3C[C@H](CN)OC3=O)cc2F)cc1. The number of ether oxygens (including phenoxy) is 1. The van der Waals surface area contributed by atoms with E-state index in [-0.39, 0.29) is 18.0 Å². The van der Waals surface area contributed by atoms with Crippen molar-refractivity contribution in [3.63, 3.8) is 0 Å². The highest BCUT2D eigenvalue weighted by molar-refractivity contribution is 7.90. The minimum atomic E-state index is -3.31. The van der Waals surface area contributed by atoms with Crippen molar-refractivity contribution in [2.45, 2.75) is 11.0 Å². The lowest BCUT2D eigenvalue weighted by Gasteiger charge is -2.14. The van der Waals surface area contributed by atoms with Crippen LogP contribution < -0.4 is 10.6 Å². The Morgan fingerprint density at radius 2 is 1.92 bits per heavy atom. The molecule has 1 aliphatic rings. The molecule has 0 aliphatic carbocycles. The Bertz CT molecular complexity index is 913. The van der Waals surface area contributed by atoms with Crippen LogP contribution in [-0.4, -0.2) is 40.0 Å². The maximum atomic E-state index is 14.5. The summed E-state index contributed by atoms with van der Waals surface area (Å²) in [4.78, 5) is 13.3. The molecule has 0 bridgehead atoms. The second-order valence-electron chi connectivity index (χ2n) is 5.81. The summed E-state index contributed by atoms with van der Waals surface area (Å²) in [5, 5.41) is 0. The van der Waals surface area contributed by atoms with Gasteiger partial charge in [-0.05, 0) is 35.9 Å². The number of nitrogens with two attached hydrogens (primary N) is 1. The van der Waals surface area contributed by atoms with E-state index in [4.69, 9.17) is 10.5 Å². The summed E-state index contributed by atoms with van der Waals surface area (Å²) in [6.07, 6.45) is 0.153. The Balaban J connectivity index is 1.89. The highest BCUT2D eigenvalue weighted by Gasteiger charge is 2.31. The molecule has 132 valence electrons. The Labute approximate surface area is 144 Å². The van der Waals surface area contributed by atoms with E-state index in [1.807, 2.05) is 0 Å². The van der Waals surface area contributed by atoms with Crippen LogP contribution in [0, 0.1) is 5.82 Å². The maximum Gasteiger partial charge on any atom is 0.414 e. The molecule has 0 radical (unpaired) electrons. The van der Waals surface area contributed by atoms with Gasteiger partial charge in [-0.15, -0.1) is 0 Å². The monoisotopic (exact) mass is 364 g/mol. The van der Waals surface area contributed by atoms with Crippen LogP contribution in [0.5, 0.6) is 0 Å². The summed E-state index contributed by atoms with van der Waals surface area (Å²) in [5.41, 5.74) is 6.73. The fourth-order valence-corrected chi connectivity index (χ4v) is 3.27. The zero-order chi connectivity index (χ0) is 18.2. The van der Waals surface area contributed by atoms with Crippen LogP contribution in [-0.2, 0) is 14.6 Å². The van der Waals surface area contributed by atoms with Gasteiger partial charge in [0.1, 0.15) is 11.9 Å². The Morgan fingerprint density at radius 3 is 2.44 bits per heavy atom. The topological polar surface area (TPSA) is 89.7 Å². The molecular weight excluding hydrogens is 347 g/mol. The van der Waals surface area contributed by atoms with E-state index in [2.05, 4.69) is 0 Å². The van der Waals surface area contributed by atoms with Gasteiger partial charge in [-0.2, -0.15) is 0 Å². The fraction of sp³-hybridized carbons (Fsp3) is 0.235. The van der Waals surface area contributed by atoms with Gasteiger partial charge < -0.3 is 10.5 Å². The van der Waals surface area contributed by atoms with Crippen molar-refractivity contribution in [3.8, 4) is 11.1 Å². The molecule has 1 atom stereocenters. The number of nitrogens with zero attached hydrogens (tertiary/aromatic N) is 1. The number of cyclic esters (lactones) is 1. The summed E-state index contributed by atoms with van der Waals surface area (Å²) >= 11 is 0. The number of carbonyl (C=O) groups is 1. The van der Waals surface area contributed by atoms with E-state index in [0.717, 1.165) is 6.26 Å². The molecule has 0 saturated carbocycles. The maximum absolute atomic E-state index is 14.5. The lowest BCUT2D eigenvalue weighted by Crippen LogP contribution is -2.27. The van der Waals surface area contributed by atoms with Gasteiger partial charge in [-0.3, -0.25) is 4.90 Å². The molecule has 1 fully saturated rings. The molecule has 0 spiro atoms. The first-order valence-corrected chi connectivity index (χ1v) is 9.47. The normalized spacial score (nSPS) is 17.6. The van der Waals surface area contributed by atoms with Crippen molar-refractivity contribution in [2.24, 2.45) is 5.73 Å². The van der Waals surface area contributed by atoms with Crippen molar-refractivity contribution >= 4 is 21.6 Å². The number of anilines is 1. The van der Waals surface area contributed by atoms with E-state index >= 15 is 0 Å². The van der Waals surface area contributed by atoms with Crippen molar-refractivity contribution in [1.82, 2.24) is 0 Å². The van der Waals surface area contributed by atoms with E-state index < -0.39 is 27.9 Å². The molecule has 0 aromatic heterocycles. The third kappa shape index (κ3) is 3.49. The number of halogens is 1. The average molecular weight is 364 g/mol. The molecule has 1 aliphatic heterocycles. The highest BCUT2D eigenvalue weighted by Crippen LogP contribution is 2.29. The van der Waals surface area contributed by atoms with Gasteiger partial charge in [0.2, 0.25) is 0 Å². The number of carbonyl (C=O) groups excluding carboxylic acids is 1. The summed E-state index contributed by atoms with van der Waals surface area (Å²) < 4.78 is 42.5. The summed E-state index contributed by atoms with van der Waals surface area (Å²) in [6, 6.07) is 10.4. The second-order valence-corrected chi connectivity index (χ2v) is 7.83. The largest absolute Gasteiger partial charge is 0.443 e. The first-order chi connectivity index (χ1) is 11.8. The van der Waals surface area contributed by atoms with Gasteiger partial charge in [0.15, 0.2) is 9.84 Å². The molecule has 1 heterocycles. The molecule has 2 N–H and O–H groups in total. The Morgan fingerprint density at radius 1 is 1.24 bits per heavy atom. The van der Waals surface area contributed by atoms with E-state index in [1.165, 1.54) is 23.1 Å². The number of rotatable bonds is 4. The van der Waals surface area contributed by atoms with Crippen molar-refractivity contribution in [1.29, 1.82) is 0 Å². The Kier molecular flexibility index (Phi) is 4.49. The third-order valence-electron chi connectivity index (χ3n) is 3.99. The average Bonchev–Trinajstić information content (AvgIpc) is 2.95. The number of hydrogen-bond donors (Lipinski definition) is 1. The Hall–Kier alpha value is -2.45. The van der Waals surface area contributed by atoms with Crippen LogP contribution in [0.1, 0.15) is 0 Å². The lowest BCUT2D eigenvalue weighted by atomic mass is 10.0. The molecule has 8 heteroatoms. The van der Waals surface area contributed by atoms with Crippen LogP contribution in [0.15, 0.2) is 47.4 Å². The molecule has 0 unspecified atom stereocenters. The predicted octanol–water partition coefficient (Wildman–Crippen LogP) is 2.18. The molecule has 2 aromatic rings. The molecule has 25 heavy (non-hydrogen) atoms. The molecular formula is C17H17FN2O4S. The van der Waals surface area contributed by atoms with E-state index in [9.17, 15) is 17.6 Å². The van der Waals surface area contributed by atoms with Crippen molar-refractivity contribution in [2.75, 3.05) is 24.2 Å². The van der Waals surface area contributed by atoms with E-state index in [0.29, 0.717) is 16.8 Å². The molecule has 6 nitrogen and oxygen atoms in total. The smallest absolute Gasteiger partial charge is 0.414 e. The summed E-state index contributed by atoms with van der Waals surface area (Å²) in [7, 11) is -3.31. The first kappa shape index (κ1) is 17.4. The molecule has 2 aromatic carbocycles. The van der Waals surface area contributed by atoms with Gasteiger partial charge in [-0.1, -0.05) is 12.1 Å². The van der Waals surface area contributed by atoms with Crippen LogP contribution in [0.2, 0.25) is 0 Å². The fourth-order valence-electron chi connectivity index (χ4n) is 2.64. The highest BCUT2D eigenvalue weighted by atomic mass is 32.2. The molecule has 1 saturated heterocycles. The van der Waals surface area contributed by atoms with Gasteiger partial charge in [-0.25, -0.2) is 17.6 Å². The van der Waals surface area contributed by atoms with Crippen LogP contribution in [0.4, 0.5) is 14.9 Å². The van der Waals surface area contributed by atoms with Crippen molar-refractivity contribution < 1.29 is 22.3 Å². The number of hydrogen-bond acceptors (Lipinski definition) is 5. The second kappa shape index (κ2) is 6.45. The lowest BCUT2D eigenvalue weighted by molar-refractivity contribution is 0.145. The van der Waals surface area contributed by atoms with Crippen LogP contribution >= 0.6 is 0 Å². The minimum Gasteiger partial charge on any atom is -0.443 e. The molecule has 1 amide bonds. The zero-order valence-corrected chi connectivity index (χ0v) is 14.3. The van der Waals surface area contributed by atoms with Crippen LogP contribution in [0.3, 0.4) is 0 Å².